The highest BCUT2D eigenvalue weighted by atomic mass is 15.1. The van der Waals surface area contributed by atoms with Crippen LogP contribution in [0.5, 0.6) is 0 Å². The standard InChI is InChI=1S/C19H34N2/c1-6-16(5)14-18(7-2)20-19-13-11-10-12-17(19)15-21(8-3)9-4/h10-13,16,18,20H,6-9,14-15H2,1-5H3. The van der Waals surface area contributed by atoms with E-state index in [0.717, 1.165) is 25.6 Å². The molecule has 0 aliphatic heterocycles. The maximum absolute atomic E-state index is 3.79. The van der Waals surface area contributed by atoms with Crippen molar-refractivity contribution in [2.45, 2.75) is 66.5 Å². The molecule has 0 aliphatic rings. The summed E-state index contributed by atoms with van der Waals surface area (Å²) in [4.78, 5) is 2.47. The molecule has 0 amide bonds. The molecule has 0 heterocycles. The summed E-state index contributed by atoms with van der Waals surface area (Å²) in [5.74, 6) is 0.789. The molecule has 1 aromatic rings. The Morgan fingerprint density at radius 1 is 1.00 bits per heavy atom. The van der Waals surface area contributed by atoms with Gasteiger partial charge in [0.05, 0.1) is 0 Å². The predicted molar refractivity (Wildman–Crippen MR) is 94.8 cm³/mol. The first-order valence-electron chi connectivity index (χ1n) is 8.71. The first-order chi connectivity index (χ1) is 10.1. The summed E-state index contributed by atoms with van der Waals surface area (Å²) in [6.45, 7) is 14.6. The molecule has 0 fully saturated rings. The minimum absolute atomic E-state index is 0.581. The highest BCUT2D eigenvalue weighted by Crippen LogP contribution is 2.22. The minimum Gasteiger partial charge on any atom is -0.382 e. The van der Waals surface area contributed by atoms with E-state index >= 15 is 0 Å². The van der Waals surface area contributed by atoms with Gasteiger partial charge in [-0.2, -0.15) is 0 Å². The van der Waals surface area contributed by atoms with Gasteiger partial charge in [-0.3, -0.25) is 4.90 Å². The Bertz CT molecular complexity index is 385. The zero-order chi connectivity index (χ0) is 15.7. The smallest absolute Gasteiger partial charge is 0.0388 e. The van der Waals surface area contributed by atoms with Crippen LogP contribution in [0.4, 0.5) is 5.69 Å². The van der Waals surface area contributed by atoms with Gasteiger partial charge in [0.15, 0.2) is 0 Å². The van der Waals surface area contributed by atoms with E-state index in [4.69, 9.17) is 0 Å². The number of nitrogens with one attached hydrogen (secondary N) is 1. The molecular weight excluding hydrogens is 256 g/mol. The van der Waals surface area contributed by atoms with E-state index in [0.29, 0.717) is 6.04 Å². The molecule has 0 radical (unpaired) electrons. The molecule has 0 aromatic heterocycles. The molecule has 1 N–H and O–H groups in total. The molecule has 2 nitrogen and oxygen atoms in total. The molecule has 0 bridgehead atoms. The molecule has 21 heavy (non-hydrogen) atoms. The first kappa shape index (κ1) is 18.0. The van der Waals surface area contributed by atoms with Crippen molar-refractivity contribution in [1.29, 1.82) is 0 Å². The summed E-state index contributed by atoms with van der Waals surface area (Å²) in [6.07, 6.45) is 3.70. The third kappa shape index (κ3) is 6.09. The summed E-state index contributed by atoms with van der Waals surface area (Å²) in [6, 6.07) is 9.37. The lowest BCUT2D eigenvalue weighted by molar-refractivity contribution is 0.296. The Hall–Kier alpha value is -1.02. The molecule has 0 spiro atoms. The van der Waals surface area contributed by atoms with Gasteiger partial charge in [-0.1, -0.05) is 59.2 Å². The Morgan fingerprint density at radius 3 is 2.24 bits per heavy atom. The van der Waals surface area contributed by atoms with Crippen molar-refractivity contribution in [3.63, 3.8) is 0 Å². The average Bonchev–Trinajstić information content (AvgIpc) is 2.52. The van der Waals surface area contributed by atoms with Crippen LogP contribution in [0, 0.1) is 5.92 Å². The fourth-order valence-corrected chi connectivity index (χ4v) is 2.69. The number of para-hydroxylation sites is 1. The zero-order valence-corrected chi connectivity index (χ0v) is 14.7. The van der Waals surface area contributed by atoms with E-state index in [1.165, 1.54) is 30.5 Å². The van der Waals surface area contributed by atoms with Gasteiger partial charge in [0.25, 0.3) is 0 Å². The summed E-state index contributed by atoms with van der Waals surface area (Å²) < 4.78 is 0. The summed E-state index contributed by atoms with van der Waals surface area (Å²) >= 11 is 0. The minimum atomic E-state index is 0.581. The molecule has 2 heteroatoms. The van der Waals surface area contributed by atoms with E-state index in [9.17, 15) is 0 Å². The fourth-order valence-electron chi connectivity index (χ4n) is 2.69. The lowest BCUT2D eigenvalue weighted by Crippen LogP contribution is -2.25. The Balaban J connectivity index is 2.77. The van der Waals surface area contributed by atoms with E-state index in [1.807, 2.05) is 0 Å². The summed E-state index contributed by atoms with van der Waals surface area (Å²) in [5, 5.41) is 3.79. The third-order valence-electron chi connectivity index (χ3n) is 4.54. The molecule has 0 saturated carbocycles. The van der Waals surface area contributed by atoms with Crippen LogP contribution >= 0.6 is 0 Å². The van der Waals surface area contributed by atoms with Crippen LogP contribution < -0.4 is 5.32 Å². The van der Waals surface area contributed by atoms with Gasteiger partial charge in [-0.25, -0.2) is 0 Å². The average molecular weight is 290 g/mol. The van der Waals surface area contributed by atoms with Crippen molar-refractivity contribution in [3.8, 4) is 0 Å². The van der Waals surface area contributed by atoms with Gasteiger partial charge < -0.3 is 5.32 Å². The largest absolute Gasteiger partial charge is 0.382 e. The van der Waals surface area contributed by atoms with Crippen molar-refractivity contribution >= 4 is 5.69 Å². The van der Waals surface area contributed by atoms with E-state index in [1.54, 1.807) is 0 Å². The summed E-state index contributed by atoms with van der Waals surface area (Å²) in [5.41, 5.74) is 2.74. The van der Waals surface area contributed by atoms with Crippen molar-refractivity contribution in [2.75, 3.05) is 18.4 Å². The van der Waals surface area contributed by atoms with E-state index in [-0.39, 0.29) is 0 Å². The second-order valence-electron chi connectivity index (χ2n) is 6.12. The molecule has 2 atom stereocenters. The molecule has 1 aromatic carbocycles. The highest BCUT2D eigenvalue weighted by Gasteiger charge is 2.13. The molecular formula is C19H34N2. The molecule has 0 aliphatic carbocycles. The first-order valence-corrected chi connectivity index (χ1v) is 8.71. The monoisotopic (exact) mass is 290 g/mol. The van der Waals surface area contributed by atoms with Gasteiger partial charge >= 0.3 is 0 Å². The number of anilines is 1. The number of nitrogens with zero attached hydrogens (tertiary/aromatic N) is 1. The molecule has 0 saturated heterocycles. The van der Waals surface area contributed by atoms with Gasteiger partial charge in [0.1, 0.15) is 0 Å². The fraction of sp³-hybridized carbons (Fsp3) is 0.684. The molecule has 2 unspecified atom stereocenters. The lowest BCUT2D eigenvalue weighted by Gasteiger charge is -2.25. The molecule has 1 rings (SSSR count). The molecule has 120 valence electrons. The van der Waals surface area contributed by atoms with Crippen LogP contribution in [0.3, 0.4) is 0 Å². The van der Waals surface area contributed by atoms with E-state index in [2.05, 4.69) is 69.1 Å². The third-order valence-corrected chi connectivity index (χ3v) is 4.54. The number of hydrogen-bond donors (Lipinski definition) is 1. The van der Waals surface area contributed by atoms with Gasteiger partial charge in [-0.15, -0.1) is 0 Å². The number of hydrogen-bond acceptors (Lipinski definition) is 2. The van der Waals surface area contributed by atoms with Crippen molar-refractivity contribution in [2.24, 2.45) is 5.92 Å². The van der Waals surface area contributed by atoms with Crippen molar-refractivity contribution in [1.82, 2.24) is 4.90 Å². The van der Waals surface area contributed by atoms with Crippen LogP contribution in [-0.2, 0) is 6.54 Å². The van der Waals surface area contributed by atoms with Crippen LogP contribution in [0.15, 0.2) is 24.3 Å². The second-order valence-corrected chi connectivity index (χ2v) is 6.12. The predicted octanol–water partition coefficient (Wildman–Crippen LogP) is 5.16. The van der Waals surface area contributed by atoms with Gasteiger partial charge in [0, 0.05) is 18.3 Å². The Morgan fingerprint density at radius 2 is 1.67 bits per heavy atom. The maximum atomic E-state index is 3.79. The van der Waals surface area contributed by atoms with Crippen LogP contribution in [0.2, 0.25) is 0 Å². The SMILES string of the molecule is CCC(C)CC(CC)Nc1ccccc1CN(CC)CC. The second kappa shape index (κ2) is 9.83. The van der Waals surface area contributed by atoms with Crippen molar-refractivity contribution < 1.29 is 0 Å². The van der Waals surface area contributed by atoms with E-state index < -0.39 is 0 Å². The Kier molecular flexibility index (Phi) is 8.44. The highest BCUT2D eigenvalue weighted by molar-refractivity contribution is 5.51. The van der Waals surface area contributed by atoms with Crippen LogP contribution in [0.25, 0.3) is 0 Å². The summed E-state index contributed by atoms with van der Waals surface area (Å²) in [7, 11) is 0. The van der Waals surface area contributed by atoms with Gasteiger partial charge in [0.2, 0.25) is 0 Å². The van der Waals surface area contributed by atoms with Crippen LogP contribution in [-0.4, -0.2) is 24.0 Å². The van der Waals surface area contributed by atoms with Crippen molar-refractivity contribution in [3.05, 3.63) is 29.8 Å². The van der Waals surface area contributed by atoms with Gasteiger partial charge in [-0.05, 0) is 43.5 Å². The van der Waals surface area contributed by atoms with Crippen LogP contribution in [0.1, 0.15) is 59.4 Å². The lowest BCUT2D eigenvalue weighted by atomic mass is 9.97. The number of rotatable bonds is 10. The number of benzene rings is 1. The normalized spacial score (nSPS) is 14.2. The zero-order valence-electron chi connectivity index (χ0n) is 14.7. The topological polar surface area (TPSA) is 15.3 Å². The maximum Gasteiger partial charge on any atom is 0.0388 e. The Labute approximate surface area is 131 Å². The quantitative estimate of drug-likeness (QED) is 0.640.